The zero-order valence-electron chi connectivity index (χ0n) is 8.50. The lowest BCUT2D eigenvalue weighted by atomic mass is 10.0. The Labute approximate surface area is 104 Å². The number of aromatic nitrogens is 1. The molecule has 2 aromatic rings. The molecule has 0 amide bonds. The molecule has 0 bridgehead atoms. The molecular weight excluding hydrogens is 295 g/mol. The summed E-state index contributed by atoms with van der Waals surface area (Å²) in [6, 6.07) is 7.20. The van der Waals surface area contributed by atoms with Crippen LogP contribution in [0.15, 0.2) is 47.2 Å². The molecule has 0 aliphatic rings. The Morgan fingerprint density at radius 3 is 2.41 bits per heavy atom. The summed E-state index contributed by atoms with van der Waals surface area (Å²) in [7, 11) is 0. The van der Waals surface area contributed by atoms with Crippen molar-refractivity contribution in [2.75, 3.05) is 0 Å². The summed E-state index contributed by atoms with van der Waals surface area (Å²) in [4.78, 5) is 3.89. The van der Waals surface area contributed by atoms with E-state index in [1.165, 1.54) is 6.20 Å². The van der Waals surface area contributed by atoms with Gasteiger partial charge in [-0.1, -0.05) is 22.0 Å². The summed E-state index contributed by atoms with van der Waals surface area (Å²) >= 11 is 3.08. The van der Waals surface area contributed by atoms with Gasteiger partial charge in [0.15, 0.2) is 0 Å². The molecule has 1 nitrogen and oxygen atoms in total. The molecule has 5 heteroatoms. The molecule has 0 aliphatic heterocycles. The summed E-state index contributed by atoms with van der Waals surface area (Å²) in [6.45, 7) is 0. The van der Waals surface area contributed by atoms with Gasteiger partial charge in [-0.25, -0.2) is 0 Å². The van der Waals surface area contributed by atoms with E-state index in [-0.39, 0.29) is 0 Å². The van der Waals surface area contributed by atoms with Gasteiger partial charge >= 0.3 is 6.18 Å². The van der Waals surface area contributed by atoms with E-state index < -0.39 is 11.7 Å². The number of benzene rings is 1. The third-order valence-corrected chi connectivity index (χ3v) is 2.68. The molecule has 0 saturated carbocycles. The van der Waals surface area contributed by atoms with Crippen LogP contribution in [0, 0.1) is 0 Å². The highest BCUT2D eigenvalue weighted by atomic mass is 79.9. The molecule has 1 aromatic carbocycles. The second kappa shape index (κ2) is 4.49. The van der Waals surface area contributed by atoms with Crippen LogP contribution in [0.3, 0.4) is 0 Å². The van der Waals surface area contributed by atoms with Crippen LogP contribution in [0.25, 0.3) is 11.1 Å². The molecule has 0 aliphatic carbocycles. The standard InChI is InChI=1S/C12H7BrF3N/c13-11-5-9(8-2-1-3-17-7-8)4-10(6-11)12(14,15)16/h1-7H. The second-order valence-corrected chi connectivity index (χ2v) is 4.38. The molecule has 0 radical (unpaired) electrons. The summed E-state index contributed by atoms with van der Waals surface area (Å²) < 4.78 is 38.3. The van der Waals surface area contributed by atoms with Gasteiger partial charge < -0.3 is 0 Å². The maximum Gasteiger partial charge on any atom is 0.416 e. The molecule has 1 heterocycles. The number of halogens is 4. The van der Waals surface area contributed by atoms with Crippen molar-refractivity contribution in [3.63, 3.8) is 0 Å². The van der Waals surface area contributed by atoms with E-state index in [4.69, 9.17) is 0 Å². The largest absolute Gasteiger partial charge is 0.416 e. The van der Waals surface area contributed by atoms with Crippen LogP contribution in [0.5, 0.6) is 0 Å². The highest BCUT2D eigenvalue weighted by molar-refractivity contribution is 9.10. The molecule has 0 unspecified atom stereocenters. The zero-order chi connectivity index (χ0) is 12.5. The Bertz CT molecular complexity index is 523. The van der Waals surface area contributed by atoms with E-state index in [0.29, 0.717) is 15.6 Å². The first-order valence-electron chi connectivity index (χ1n) is 4.75. The summed E-state index contributed by atoms with van der Waals surface area (Å²) in [5.74, 6) is 0. The zero-order valence-corrected chi connectivity index (χ0v) is 10.1. The number of hydrogen-bond donors (Lipinski definition) is 0. The lowest BCUT2D eigenvalue weighted by Gasteiger charge is -2.09. The predicted molar refractivity (Wildman–Crippen MR) is 62.4 cm³/mol. The second-order valence-electron chi connectivity index (χ2n) is 3.47. The van der Waals surface area contributed by atoms with Crippen LogP contribution in [0.1, 0.15) is 5.56 Å². The average Bonchev–Trinajstić information content (AvgIpc) is 2.28. The van der Waals surface area contributed by atoms with Crippen LogP contribution in [-0.4, -0.2) is 4.98 Å². The molecule has 0 atom stereocenters. The number of alkyl halides is 3. The highest BCUT2D eigenvalue weighted by Crippen LogP contribution is 2.34. The van der Waals surface area contributed by atoms with E-state index in [1.807, 2.05) is 0 Å². The lowest BCUT2D eigenvalue weighted by molar-refractivity contribution is -0.137. The molecule has 88 valence electrons. The van der Waals surface area contributed by atoms with Crippen LogP contribution in [0.4, 0.5) is 13.2 Å². The minimum Gasteiger partial charge on any atom is -0.264 e. The first-order chi connectivity index (χ1) is 7.97. The molecule has 0 saturated heterocycles. The third-order valence-electron chi connectivity index (χ3n) is 2.22. The van der Waals surface area contributed by atoms with Gasteiger partial charge in [-0.3, -0.25) is 4.98 Å². The third kappa shape index (κ3) is 2.85. The van der Waals surface area contributed by atoms with Crippen molar-refractivity contribution in [1.29, 1.82) is 0 Å². The van der Waals surface area contributed by atoms with Gasteiger partial charge in [0.25, 0.3) is 0 Å². The van der Waals surface area contributed by atoms with Crippen molar-refractivity contribution < 1.29 is 13.2 Å². The van der Waals surface area contributed by atoms with Gasteiger partial charge in [0.1, 0.15) is 0 Å². The molecule has 17 heavy (non-hydrogen) atoms. The topological polar surface area (TPSA) is 12.9 Å². The first-order valence-corrected chi connectivity index (χ1v) is 5.54. The van der Waals surface area contributed by atoms with E-state index in [0.717, 1.165) is 12.1 Å². The number of nitrogens with zero attached hydrogens (tertiary/aromatic N) is 1. The fourth-order valence-corrected chi connectivity index (χ4v) is 1.95. The molecule has 0 N–H and O–H groups in total. The Balaban J connectivity index is 2.54. The summed E-state index contributed by atoms with van der Waals surface area (Å²) in [6.07, 6.45) is -1.24. The fraction of sp³-hybridized carbons (Fsp3) is 0.0833. The van der Waals surface area contributed by atoms with Crippen LogP contribution < -0.4 is 0 Å². The molecule has 0 fully saturated rings. The van der Waals surface area contributed by atoms with Gasteiger partial charge in [-0.05, 0) is 29.8 Å². The first kappa shape index (κ1) is 12.1. The Morgan fingerprint density at radius 2 is 1.82 bits per heavy atom. The van der Waals surface area contributed by atoms with Crippen LogP contribution in [0.2, 0.25) is 0 Å². The monoisotopic (exact) mass is 301 g/mol. The number of pyridine rings is 1. The van der Waals surface area contributed by atoms with Gasteiger partial charge in [0.05, 0.1) is 5.56 Å². The van der Waals surface area contributed by atoms with E-state index >= 15 is 0 Å². The molecule has 0 spiro atoms. The smallest absolute Gasteiger partial charge is 0.264 e. The van der Waals surface area contributed by atoms with Crippen LogP contribution >= 0.6 is 15.9 Å². The van der Waals surface area contributed by atoms with Crippen LogP contribution in [-0.2, 0) is 6.18 Å². The van der Waals surface area contributed by atoms with E-state index in [2.05, 4.69) is 20.9 Å². The lowest BCUT2D eigenvalue weighted by Crippen LogP contribution is -2.04. The quantitative estimate of drug-likeness (QED) is 0.754. The minimum atomic E-state index is -4.35. The Hall–Kier alpha value is -1.36. The molecule has 1 aromatic heterocycles. The van der Waals surface area contributed by atoms with Crippen molar-refractivity contribution in [3.05, 3.63) is 52.8 Å². The van der Waals surface area contributed by atoms with Gasteiger partial charge in [-0.15, -0.1) is 0 Å². The Kier molecular flexibility index (Phi) is 3.19. The maximum atomic E-state index is 12.6. The van der Waals surface area contributed by atoms with E-state index in [1.54, 1.807) is 24.4 Å². The van der Waals surface area contributed by atoms with Crippen molar-refractivity contribution in [2.45, 2.75) is 6.18 Å². The number of hydrogen-bond acceptors (Lipinski definition) is 1. The maximum absolute atomic E-state index is 12.6. The summed E-state index contributed by atoms with van der Waals surface area (Å²) in [5.41, 5.74) is 0.463. The average molecular weight is 302 g/mol. The van der Waals surface area contributed by atoms with Crippen molar-refractivity contribution in [3.8, 4) is 11.1 Å². The molecular formula is C12H7BrF3N. The normalized spacial score (nSPS) is 11.5. The number of rotatable bonds is 1. The molecule has 2 rings (SSSR count). The van der Waals surface area contributed by atoms with E-state index in [9.17, 15) is 13.2 Å². The highest BCUT2D eigenvalue weighted by Gasteiger charge is 2.31. The fourth-order valence-electron chi connectivity index (χ4n) is 1.45. The van der Waals surface area contributed by atoms with Gasteiger partial charge in [-0.2, -0.15) is 13.2 Å². The predicted octanol–water partition coefficient (Wildman–Crippen LogP) is 4.53. The minimum absolute atomic E-state index is 0.395. The summed E-state index contributed by atoms with van der Waals surface area (Å²) in [5, 5.41) is 0. The SMILES string of the molecule is FC(F)(F)c1cc(Br)cc(-c2cccnc2)c1. The Morgan fingerprint density at radius 1 is 1.06 bits per heavy atom. The van der Waals surface area contributed by atoms with Crippen molar-refractivity contribution in [2.24, 2.45) is 0 Å². The van der Waals surface area contributed by atoms with Gasteiger partial charge in [0, 0.05) is 22.4 Å². The van der Waals surface area contributed by atoms with Crippen molar-refractivity contribution in [1.82, 2.24) is 4.98 Å². The van der Waals surface area contributed by atoms with Crippen molar-refractivity contribution >= 4 is 15.9 Å². The van der Waals surface area contributed by atoms with Gasteiger partial charge in [0.2, 0.25) is 0 Å².